The van der Waals surface area contributed by atoms with Crippen molar-refractivity contribution in [1.29, 1.82) is 5.41 Å². The molecule has 10 heteroatoms. The van der Waals surface area contributed by atoms with E-state index in [2.05, 4.69) is 0 Å². The molecular formula is C20H27FN2O6S. The van der Waals surface area contributed by atoms with E-state index < -0.39 is 10.1 Å². The van der Waals surface area contributed by atoms with Crippen LogP contribution in [0, 0.1) is 11.2 Å². The Hall–Kier alpha value is -2.85. The van der Waals surface area contributed by atoms with Crippen molar-refractivity contribution >= 4 is 16.0 Å². The summed E-state index contributed by atoms with van der Waals surface area (Å²) in [5, 5.41) is 7.33. The van der Waals surface area contributed by atoms with Gasteiger partial charge >= 0.3 is 0 Å². The summed E-state index contributed by atoms with van der Waals surface area (Å²) in [6, 6.07) is 11.3. The maximum Gasteiger partial charge on any atom is 0.261 e. The quantitative estimate of drug-likeness (QED) is 0.223. The fourth-order valence-corrected chi connectivity index (χ4v) is 2.25. The minimum Gasteiger partial charge on any atom is -0.494 e. The van der Waals surface area contributed by atoms with Crippen molar-refractivity contribution in [2.75, 3.05) is 26.6 Å². The number of unbranched alkanes of at least 4 members (excludes halogenated alkanes) is 2. The van der Waals surface area contributed by atoms with Crippen LogP contribution in [0.5, 0.6) is 17.2 Å². The van der Waals surface area contributed by atoms with Gasteiger partial charge in [0, 0.05) is 11.6 Å². The Kier molecular flexibility index (Phi) is 10.6. The molecule has 0 saturated heterocycles. The summed E-state index contributed by atoms with van der Waals surface area (Å²) in [6.45, 7) is 1.09. The highest BCUT2D eigenvalue weighted by molar-refractivity contribution is 7.85. The summed E-state index contributed by atoms with van der Waals surface area (Å²) >= 11 is 0. The molecule has 8 nitrogen and oxygen atoms in total. The Morgan fingerprint density at radius 3 is 2.13 bits per heavy atom. The van der Waals surface area contributed by atoms with Gasteiger partial charge < -0.3 is 19.9 Å². The van der Waals surface area contributed by atoms with Crippen LogP contribution in [-0.2, 0) is 10.1 Å². The maximum absolute atomic E-state index is 13.2. The summed E-state index contributed by atoms with van der Waals surface area (Å²) in [5.41, 5.74) is 6.08. The van der Waals surface area contributed by atoms with Crippen molar-refractivity contribution in [2.45, 2.75) is 19.3 Å². The first-order valence-corrected chi connectivity index (χ1v) is 10.9. The molecule has 0 aliphatic carbocycles. The lowest BCUT2D eigenvalue weighted by Crippen LogP contribution is -2.10. The molecule has 0 spiro atoms. The summed E-state index contributed by atoms with van der Waals surface area (Å²) in [7, 11) is -2.14. The highest BCUT2D eigenvalue weighted by Crippen LogP contribution is 2.27. The van der Waals surface area contributed by atoms with Crippen LogP contribution >= 0.6 is 0 Å². The fourth-order valence-electron chi connectivity index (χ4n) is 2.25. The standard InChI is InChI=1S/C19H23FN2O3.CH4O3S/c1-23-17-10-7-15(20)13-18(17)25-12-4-2-3-11-24-16-8-5-14(6-9-16)19(21)22;1-5(2,3)4/h5-10,13H,2-4,11-12H2,1H3,(H3,21,22);1H3,(H,2,3,4). The minimum atomic E-state index is -3.67. The van der Waals surface area contributed by atoms with E-state index in [-0.39, 0.29) is 11.7 Å². The number of nitrogen functional groups attached to an aromatic ring is 1. The van der Waals surface area contributed by atoms with Crippen LogP contribution in [0.1, 0.15) is 24.8 Å². The molecule has 0 unspecified atom stereocenters. The second-order valence-electron chi connectivity index (χ2n) is 6.22. The summed E-state index contributed by atoms with van der Waals surface area (Å²) < 4.78 is 55.4. The lowest BCUT2D eigenvalue weighted by Gasteiger charge is -2.11. The van der Waals surface area contributed by atoms with E-state index in [0.717, 1.165) is 25.0 Å². The summed E-state index contributed by atoms with van der Waals surface area (Å²) in [5.74, 6) is 1.40. The number of nitrogens with one attached hydrogen (secondary N) is 1. The fraction of sp³-hybridized carbons (Fsp3) is 0.350. The number of amidine groups is 1. The zero-order valence-electron chi connectivity index (χ0n) is 16.9. The zero-order valence-corrected chi connectivity index (χ0v) is 17.7. The van der Waals surface area contributed by atoms with Crippen LogP contribution in [0.25, 0.3) is 0 Å². The number of halogens is 1. The normalized spacial score (nSPS) is 10.5. The number of methoxy groups -OCH3 is 1. The predicted molar refractivity (Wildman–Crippen MR) is 113 cm³/mol. The topological polar surface area (TPSA) is 132 Å². The second-order valence-corrected chi connectivity index (χ2v) is 7.69. The molecule has 0 aromatic heterocycles. The van der Waals surface area contributed by atoms with Crippen molar-refractivity contribution in [3.8, 4) is 17.2 Å². The van der Waals surface area contributed by atoms with Crippen molar-refractivity contribution in [2.24, 2.45) is 5.73 Å². The molecule has 2 aromatic carbocycles. The smallest absolute Gasteiger partial charge is 0.261 e. The Morgan fingerprint density at radius 1 is 1.03 bits per heavy atom. The molecule has 166 valence electrons. The van der Waals surface area contributed by atoms with Gasteiger partial charge in [-0.1, -0.05) is 0 Å². The van der Waals surface area contributed by atoms with Crippen molar-refractivity contribution < 1.29 is 31.6 Å². The largest absolute Gasteiger partial charge is 0.494 e. The van der Waals surface area contributed by atoms with Gasteiger partial charge in [0.15, 0.2) is 11.5 Å². The van der Waals surface area contributed by atoms with E-state index in [0.29, 0.717) is 36.5 Å². The van der Waals surface area contributed by atoms with Gasteiger partial charge in [0.1, 0.15) is 17.4 Å². The van der Waals surface area contributed by atoms with E-state index in [1.54, 1.807) is 30.3 Å². The van der Waals surface area contributed by atoms with Gasteiger partial charge in [0.2, 0.25) is 0 Å². The van der Waals surface area contributed by atoms with E-state index in [1.165, 1.54) is 19.2 Å². The highest BCUT2D eigenvalue weighted by atomic mass is 32.2. The molecule has 0 atom stereocenters. The molecule has 0 fully saturated rings. The second kappa shape index (κ2) is 12.7. The van der Waals surface area contributed by atoms with Gasteiger partial charge in [-0.25, -0.2) is 4.39 Å². The van der Waals surface area contributed by atoms with Crippen LogP contribution in [0.4, 0.5) is 4.39 Å². The van der Waals surface area contributed by atoms with E-state index in [4.69, 9.17) is 29.9 Å². The molecule has 0 saturated carbocycles. The van der Waals surface area contributed by atoms with Crippen LogP contribution in [0.15, 0.2) is 42.5 Å². The number of benzene rings is 2. The number of nitrogens with two attached hydrogens (primary N) is 1. The summed E-state index contributed by atoms with van der Waals surface area (Å²) in [4.78, 5) is 0. The van der Waals surface area contributed by atoms with Crippen LogP contribution in [-0.4, -0.2) is 45.4 Å². The SMILES string of the molecule is COc1ccc(F)cc1OCCCCCOc1ccc(C(=N)N)cc1.CS(=O)(=O)O. The zero-order chi connectivity index (χ0) is 22.6. The van der Waals surface area contributed by atoms with E-state index in [9.17, 15) is 12.8 Å². The molecule has 30 heavy (non-hydrogen) atoms. The summed E-state index contributed by atoms with van der Waals surface area (Å²) in [6.07, 6.45) is 3.38. The third-order valence-corrected chi connectivity index (χ3v) is 3.61. The molecule has 0 bridgehead atoms. The Labute approximate surface area is 176 Å². The van der Waals surface area contributed by atoms with Crippen molar-refractivity contribution in [1.82, 2.24) is 0 Å². The average molecular weight is 443 g/mol. The third kappa shape index (κ3) is 11.2. The molecule has 0 radical (unpaired) electrons. The molecule has 0 aliphatic heterocycles. The van der Waals surface area contributed by atoms with Crippen LogP contribution in [0.3, 0.4) is 0 Å². The molecular weight excluding hydrogens is 415 g/mol. The monoisotopic (exact) mass is 442 g/mol. The Balaban J connectivity index is 0.000000804. The van der Waals surface area contributed by atoms with Gasteiger partial charge in [0.05, 0.1) is 26.6 Å². The third-order valence-electron chi connectivity index (χ3n) is 3.61. The van der Waals surface area contributed by atoms with Gasteiger partial charge in [-0.15, -0.1) is 0 Å². The number of rotatable bonds is 10. The molecule has 0 aliphatic rings. The molecule has 4 N–H and O–H groups in total. The van der Waals surface area contributed by atoms with Gasteiger partial charge in [-0.05, 0) is 55.7 Å². The van der Waals surface area contributed by atoms with Crippen molar-refractivity contribution in [3.63, 3.8) is 0 Å². The molecule has 2 aromatic rings. The van der Waals surface area contributed by atoms with Crippen molar-refractivity contribution in [3.05, 3.63) is 53.8 Å². The molecule has 0 amide bonds. The lowest BCUT2D eigenvalue weighted by molar-refractivity contribution is 0.269. The Morgan fingerprint density at radius 2 is 1.60 bits per heavy atom. The molecule has 2 rings (SSSR count). The number of ether oxygens (including phenoxy) is 3. The molecule has 0 heterocycles. The van der Waals surface area contributed by atoms with Crippen LogP contribution in [0.2, 0.25) is 0 Å². The van der Waals surface area contributed by atoms with Crippen LogP contribution < -0.4 is 19.9 Å². The number of hydrogen-bond acceptors (Lipinski definition) is 6. The first-order chi connectivity index (χ1) is 14.1. The van der Waals surface area contributed by atoms with Gasteiger partial charge in [-0.3, -0.25) is 9.96 Å². The lowest BCUT2D eigenvalue weighted by atomic mass is 10.2. The van der Waals surface area contributed by atoms with E-state index in [1.807, 2.05) is 0 Å². The first kappa shape index (κ1) is 25.2. The highest BCUT2D eigenvalue weighted by Gasteiger charge is 2.05. The van der Waals surface area contributed by atoms with E-state index >= 15 is 0 Å². The number of hydrogen-bond donors (Lipinski definition) is 3. The first-order valence-electron chi connectivity index (χ1n) is 9.06. The predicted octanol–water partition coefficient (Wildman–Crippen LogP) is 3.25. The average Bonchev–Trinajstić information content (AvgIpc) is 2.66. The van der Waals surface area contributed by atoms with Gasteiger partial charge in [0.25, 0.3) is 10.1 Å². The minimum absolute atomic E-state index is 0.0430. The maximum atomic E-state index is 13.2. The Bertz CT molecular complexity index is 896. The van der Waals surface area contributed by atoms with Gasteiger partial charge in [-0.2, -0.15) is 8.42 Å².